The summed E-state index contributed by atoms with van der Waals surface area (Å²) in [4.78, 5) is 13.7. The predicted octanol–water partition coefficient (Wildman–Crippen LogP) is 4.37. The fourth-order valence-electron chi connectivity index (χ4n) is 3.13. The molecule has 0 bridgehead atoms. The van der Waals surface area contributed by atoms with Gasteiger partial charge in [0.05, 0.1) is 11.0 Å². The van der Waals surface area contributed by atoms with Gasteiger partial charge < -0.3 is 11.1 Å². The number of hydrogen-bond donors (Lipinski definition) is 2. The van der Waals surface area contributed by atoms with Gasteiger partial charge in [-0.25, -0.2) is 4.98 Å². The van der Waals surface area contributed by atoms with Gasteiger partial charge >= 0.3 is 0 Å². The number of rotatable bonds is 3. The van der Waals surface area contributed by atoms with Crippen LogP contribution in [0.3, 0.4) is 0 Å². The monoisotopic (exact) mass is 358 g/mol. The van der Waals surface area contributed by atoms with Crippen LogP contribution in [0.2, 0.25) is 0 Å². The van der Waals surface area contributed by atoms with Crippen LogP contribution in [0.15, 0.2) is 42.5 Å². The second-order valence-electron chi connectivity index (χ2n) is 6.89. The SMILES string of the molecule is Cc1ccc(Nc2nc(N)cc(-n3c(C)nc4cc(C)c(C)cc43)n2)cc1. The van der Waals surface area contributed by atoms with E-state index < -0.39 is 0 Å². The number of anilines is 3. The molecule has 0 saturated heterocycles. The highest BCUT2D eigenvalue weighted by molar-refractivity contribution is 5.80. The average molecular weight is 358 g/mol. The Morgan fingerprint density at radius 2 is 1.56 bits per heavy atom. The standard InChI is InChI=1S/C21H22N6/c1-12-5-7-16(8-6-12)24-21-25-19(22)11-20(26-21)27-15(4)23-17-9-13(2)14(3)10-18(17)27/h5-11H,1-4H3,(H3,22,24,25,26). The van der Waals surface area contributed by atoms with Crippen molar-refractivity contribution in [3.05, 3.63) is 65.0 Å². The number of aryl methyl sites for hydroxylation is 4. The fourth-order valence-corrected chi connectivity index (χ4v) is 3.13. The number of nitrogens with one attached hydrogen (secondary N) is 1. The lowest BCUT2D eigenvalue weighted by atomic mass is 10.1. The molecule has 27 heavy (non-hydrogen) atoms. The molecule has 0 aliphatic carbocycles. The summed E-state index contributed by atoms with van der Waals surface area (Å²) in [5, 5.41) is 3.23. The van der Waals surface area contributed by atoms with Crippen molar-refractivity contribution in [3.63, 3.8) is 0 Å². The molecule has 0 saturated carbocycles. The van der Waals surface area contributed by atoms with E-state index in [1.54, 1.807) is 6.07 Å². The zero-order valence-corrected chi connectivity index (χ0v) is 15.9. The molecule has 2 heterocycles. The van der Waals surface area contributed by atoms with Crippen LogP contribution in [-0.4, -0.2) is 19.5 Å². The third-order valence-corrected chi connectivity index (χ3v) is 4.71. The van der Waals surface area contributed by atoms with Crippen LogP contribution in [-0.2, 0) is 0 Å². The molecule has 6 heteroatoms. The molecule has 0 unspecified atom stereocenters. The number of aromatic nitrogens is 4. The Morgan fingerprint density at radius 1 is 0.852 bits per heavy atom. The Bertz CT molecular complexity index is 1140. The Morgan fingerprint density at radius 3 is 2.30 bits per heavy atom. The molecule has 0 spiro atoms. The normalized spacial score (nSPS) is 11.1. The van der Waals surface area contributed by atoms with E-state index in [9.17, 15) is 0 Å². The molecule has 0 atom stereocenters. The number of imidazole rings is 1. The minimum absolute atomic E-state index is 0.402. The summed E-state index contributed by atoms with van der Waals surface area (Å²) >= 11 is 0. The Hall–Kier alpha value is -3.41. The van der Waals surface area contributed by atoms with Gasteiger partial charge in [-0.15, -0.1) is 0 Å². The van der Waals surface area contributed by atoms with E-state index in [2.05, 4.69) is 53.2 Å². The summed E-state index contributed by atoms with van der Waals surface area (Å²) in [6.07, 6.45) is 0. The third kappa shape index (κ3) is 3.21. The summed E-state index contributed by atoms with van der Waals surface area (Å²) in [5.41, 5.74) is 12.6. The molecular weight excluding hydrogens is 336 g/mol. The van der Waals surface area contributed by atoms with Gasteiger partial charge in [-0.3, -0.25) is 4.57 Å². The van der Waals surface area contributed by atoms with Crippen LogP contribution in [0, 0.1) is 27.7 Å². The van der Waals surface area contributed by atoms with E-state index in [0.717, 1.165) is 22.5 Å². The van der Waals surface area contributed by atoms with Crippen molar-refractivity contribution in [3.8, 4) is 5.82 Å². The number of fused-ring (bicyclic) bond motifs is 1. The lowest BCUT2D eigenvalue weighted by molar-refractivity contribution is 0.947. The molecule has 4 aromatic rings. The molecular formula is C21H22N6. The zero-order valence-electron chi connectivity index (χ0n) is 15.9. The van der Waals surface area contributed by atoms with E-state index in [0.29, 0.717) is 17.6 Å². The van der Waals surface area contributed by atoms with E-state index in [-0.39, 0.29) is 0 Å². The lowest BCUT2D eigenvalue weighted by Gasteiger charge is -2.11. The molecule has 0 aliphatic rings. The molecule has 0 fully saturated rings. The van der Waals surface area contributed by atoms with Gasteiger partial charge in [0.15, 0.2) is 0 Å². The maximum atomic E-state index is 6.07. The minimum Gasteiger partial charge on any atom is -0.383 e. The Balaban J connectivity index is 1.81. The highest BCUT2D eigenvalue weighted by Gasteiger charge is 2.14. The average Bonchev–Trinajstić information content (AvgIpc) is 2.92. The van der Waals surface area contributed by atoms with Crippen LogP contribution < -0.4 is 11.1 Å². The maximum absolute atomic E-state index is 6.07. The molecule has 4 rings (SSSR count). The minimum atomic E-state index is 0.402. The summed E-state index contributed by atoms with van der Waals surface area (Å²) in [6.45, 7) is 8.21. The smallest absolute Gasteiger partial charge is 0.231 e. The van der Waals surface area contributed by atoms with Crippen LogP contribution in [0.25, 0.3) is 16.9 Å². The van der Waals surface area contributed by atoms with Crippen molar-refractivity contribution in [2.75, 3.05) is 11.1 Å². The molecule has 3 N–H and O–H groups in total. The van der Waals surface area contributed by atoms with E-state index in [4.69, 9.17) is 5.73 Å². The molecule has 136 valence electrons. The Labute approximate surface area is 158 Å². The number of benzene rings is 2. The second-order valence-corrected chi connectivity index (χ2v) is 6.89. The quantitative estimate of drug-likeness (QED) is 0.568. The van der Waals surface area contributed by atoms with E-state index >= 15 is 0 Å². The third-order valence-electron chi connectivity index (χ3n) is 4.71. The summed E-state index contributed by atoms with van der Waals surface area (Å²) < 4.78 is 2.01. The molecule has 2 aromatic carbocycles. The molecule has 0 aliphatic heterocycles. The fraction of sp³-hybridized carbons (Fsp3) is 0.190. The zero-order chi connectivity index (χ0) is 19.1. The van der Waals surface area contributed by atoms with Crippen molar-refractivity contribution in [2.24, 2.45) is 0 Å². The van der Waals surface area contributed by atoms with E-state index in [1.807, 2.05) is 35.8 Å². The van der Waals surface area contributed by atoms with Gasteiger partial charge in [0.1, 0.15) is 17.5 Å². The van der Waals surface area contributed by atoms with Crippen LogP contribution in [0.5, 0.6) is 0 Å². The van der Waals surface area contributed by atoms with Crippen molar-refractivity contribution >= 4 is 28.5 Å². The predicted molar refractivity (Wildman–Crippen MR) is 110 cm³/mol. The first kappa shape index (κ1) is 17.0. The van der Waals surface area contributed by atoms with Crippen LogP contribution in [0.1, 0.15) is 22.5 Å². The van der Waals surface area contributed by atoms with Gasteiger partial charge in [0, 0.05) is 11.8 Å². The van der Waals surface area contributed by atoms with Crippen LogP contribution in [0.4, 0.5) is 17.5 Å². The Kier molecular flexibility index (Phi) is 4.03. The second kappa shape index (κ2) is 6.39. The first-order chi connectivity index (χ1) is 12.9. The first-order valence-electron chi connectivity index (χ1n) is 8.85. The molecule has 6 nitrogen and oxygen atoms in total. The van der Waals surface area contributed by atoms with Gasteiger partial charge in [0.2, 0.25) is 5.95 Å². The number of nitrogen functional groups attached to an aromatic ring is 1. The number of hydrogen-bond acceptors (Lipinski definition) is 5. The van der Waals surface area contributed by atoms with Crippen molar-refractivity contribution in [1.82, 2.24) is 19.5 Å². The van der Waals surface area contributed by atoms with Crippen molar-refractivity contribution in [2.45, 2.75) is 27.7 Å². The lowest BCUT2D eigenvalue weighted by Crippen LogP contribution is -2.07. The highest BCUT2D eigenvalue weighted by Crippen LogP contribution is 2.25. The largest absolute Gasteiger partial charge is 0.383 e. The van der Waals surface area contributed by atoms with Gasteiger partial charge in [-0.05, 0) is 63.1 Å². The number of nitrogens with zero attached hydrogens (tertiary/aromatic N) is 4. The summed E-state index contributed by atoms with van der Waals surface area (Å²) in [5.74, 6) is 2.41. The maximum Gasteiger partial charge on any atom is 0.231 e. The summed E-state index contributed by atoms with van der Waals surface area (Å²) in [6, 6.07) is 14.1. The van der Waals surface area contributed by atoms with Gasteiger partial charge in [-0.2, -0.15) is 9.97 Å². The highest BCUT2D eigenvalue weighted by atomic mass is 15.2. The van der Waals surface area contributed by atoms with Crippen LogP contribution >= 0.6 is 0 Å². The molecule has 2 aromatic heterocycles. The van der Waals surface area contributed by atoms with Crippen molar-refractivity contribution in [1.29, 1.82) is 0 Å². The molecule has 0 amide bonds. The van der Waals surface area contributed by atoms with Gasteiger partial charge in [-0.1, -0.05) is 17.7 Å². The summed E-state index contributed by atoms with van der Waals surface area (Å²) in [7, 11) is 0. The molecule has 0 radical (unpaired) electrons. The van der Waals surface area contributed by atoms with Crippen molar-refractivity contribution < 1.29 is 0 Å². The van der Waals surface area contributed by atoms with E-state index in [1.165, 1.54) is 16.7 Å². The topological polar surface area (TPSA) is 81.6 Å². The number of nitrogens with two attached hydrogens (primary N) is 1. The first-order valence-corrected chi connectivity index (χ1v) is 8.85. The van der Waals surface area contributed by atoms with Gasteiger partial charge in [0.25, 0.3) is 0 Å².